The normalized spacial score (nSPS) is 10.6. The number of anilines is 1. The molecule has 1 heterocycles. The van der Waals surface area contributed by atoms with Gasteiger partial charge in [-0.3, -0.25) is 9.59 Å². The lowest BCUT2D eigenvalue weighted by Gasteiger charge is -2.11. The standard InChI is InChI=1S/C22H22N2O5/c1-3-12-24-13-11-17-18(21(24)26)5-4-6-19(17)29-14-20(25)23-16-9-7-15(8-10-16)22(27)28-2/h4-11,13H,3,12,14H2,1-2H3,(H,23,25). The molecule has 0 saturated carbocycles. The molecule has 1 aromatic heterocycles. The number of nitrogens with zero attached hydrogens (tertiary/aromatic N) is 1. The van der Waals surface area contributed by atoms with Crippen LogP contribution in [-0.2, 0) is 16.1 Å². The molecule has 7 heteroatoms. The van der Waals surface area contributed by atoms with E-state index in [4.69, 9.17) is 4.74 Å². The van der Waals surface area contributed by atoms with Gasteiger partial charge in [-0.1, -0.05) is 13.0 Å². The molecule has 1 N–H and O–H groups in total. The Hall–Kier alpha value is -3.61. The average molecular weight is 394 g/mol. The van der Waals surface area contributed by atoms with E-state index >= 15 is 0 Å². The van der Waals surface area contributed by atoms with Gasteiger partial charge in [-0.2, -0.15) is 0 Å². The van der Waals surface area contributed by atoms with Crippen LogP contribution in [0.15, 0.2) is 59.5 Å². The fraction of sp³-hybridized carbons (Fsp3) is 0.227. The Kier molecular flexibility index (Phi) is 6.29. The maximum absolute atomic E-state index is 12.5. The van der Waals surface area contributed by atoms with Crippen LogP contribution in [0, 0.1) is 0 Å². The Morgan fingerprint density at radius 1 is 1.03 bits per heavy atom. The molecule has 0 bridgehead atoms. The van der Waals surface area contributed by atoms with Crippen LogP contribution in [0.2, 0.25) is 0 Å². The number of aromatic nitrogens is 1. The molecule has 1 amide bonds. The second-order valence-corrected chi connectivity index (χ2v) is 6.44. The lowest BCUT2D eigenvalue weighted by atomic mass is 10.1. The molecule has 0 aliphatic carbocycles. The largest absolute Gasteiger partial charge is 0.483 e. The molecular formula is C22H22N2O5. The van der Waals surface area contributed by atoms with Crippen molar-refractivity contribution in [1.29, 1.82) is 0 Å². The molecule has 150 valence electrons. The number of carbonyl (C=O) groups is 2. The summed E-state index contributed by atoms with van der Waals surface area (Å²) in [6.45, 7) is 2.45. The molecule has 0 aliphatic rings. The number of methoxy groups -OCH3 is 1. The summed E-state index contributed by atoms with van der Waals surface area (Å²) in [7, 11) is 1.31. The van der Waals surface area contributed by atoms with Gasteiger partial charge in [0, 0.05) is 23.8 Å². The number of pyridine rings is 1. The van der Waals surface area contributed by atoms with E-state index in [9.17, 15) is 14.4 Å². The van der Waals surface area contributed by atoms with Gasteiger partial charge < -0.3 is 19.4 Å². The molecule has 0 radical (unpaired) electrons. The van der Waals surface area contributed by atoms with Crippen molar-refractivity contribution in [2.24, 2.45) is 0 Å². The maximum Gasteiger partial charge on any atom is 0.337 e. The number of nitrogens with one attached hydrogen (secondary N) is 1. The number of rotatable bonds is 7. The van der Waals surface area contributed by atoms with Crippen LogP contribution in [0.3, 0.4) is 0 Å². The number of hydrogen-bond acceptors (Lipinski definition) is 5. The summed E-state index contributed by atoms with van der Waals surface area (Å²) in [6, 6.07) is 13.4. The van der Waals surface area contributed by atoms with Crippen LogP contribution in [0.25, 0.3) is 10.8 Å². The molecule has 0 fully saturated rings. The molecule has 2 aromatic carbocycles. The minimum atomic E-state index is -0.444. The highest BCUT2D eigenvalue weighted by Gasteiger charge is 2.10. The fourth-order valence-corrected chi connectivity index (χ4v) is 2.98. The van der Waals surface area contributed by atoms with Crippen molar-refractivity contribution in [1.82, 2.24) is 4.57 Å². The zero-order chi connectivity index (χ0) is 20.8. The van der Waals surface area contributed by atoms with Crippen LogP contribution < -0.4 is 15.6 Å². The van der Waals surface area contributed by atoms with E-state index in [1.807, 2.05) is 13.0 Å². The monoisotopic (exact) mass is 394 g/mol. The van der Waals surface area contributed by atoms with E-state index in [1.165, 1.54) is 7.11 Å². The quantitative estimate of drug-likeness (QED) is 0.622. The number of amides is 1. The van der Waals surface area contributed by atoms with E-state index in [-0.39, 0.29) is 18.1 Å². The summed E-state index contributed by atoms with van der Waals surface area (Å²) in [6.07, 6.45) is 2.60. The van der Waals surface area contributed by atoms with E-state index in [1.54, 1.807) is 53.2 Å². The first-order chi connectivity index (χ1) is 14.0. The van der Waals surface area contributed by atoms with Gasteiger partial charge in [0.2, 0.25) is 0 Å². The van der Waals surface area contributed by atoms with Crippen molar-refractivity contribution in [2.45, 2.75) is 19.9 Å². The van der Waals surface area contributed by atoms with Crippen LogP contribution in [0.4, 0.5) is 5.69 Å². The minimum absolute atomic E-state index is 0.0788. The van der Waals surface area contributed by atoms with Crippen LogP contribution in [0.5, 0.6) is 5.75 Å². The molecule has 0 atom stereocenters. The van der Waals surface area contributed by atoms with Gasteiger partial charge in [0.25, 0.3) is 11.5 Å². The number of fused-ring (bicyclic) bond motifs is 1. The second-order valence-electron chi connectivity index (χ2n) is 6.44. The molecule has 7 nitrogen and oxygen atoms in total. The van der Waals surface area contributed by atoms with Crippen LogP contribution in [-0.4, -0.2) is 30.2 Å². The Morgan fingerprint density at radius 3 is 2.48 bits per heavy atom. The third-order valence-electron chi connectivity index (χ3n) is 4.39. The Bertz CT molecular complexity index is 1090. The molecule has 0 aliphatic heterocycles. The predicted molar refractivity (Wildman–Crippen MR) is 110 cm³/mol. The Morgan fingerprint density at radius 2 is 1.79 bits per heavy atom. The molecular weight excluding hydrogens is 372 g/mol. The third-order valence-corrected chi connectivity index (χ3v) is 4.39. The van der Waals surface area contributed by atoms with E-state index in [0.29, 0.717) is 34.3 Å². The molecule has 0 unspecified atom stereocenters. The Balaban J connectivity index is 1.68. The van der Waals surface area contributed by atoms with Crippen molar-refractivity contribution >= 4 is 28.3 Å². The smallest absolute Gasteiger partial charge is 0.337 e. The van der Waals surface area contributed by atoms with Gasteiger partial charge in [-0.15, -0.1) is 0 Å². The molecule has 29 heavy (non-hydrogen) atoms. The number of ether oxygens (including phenoxy) is 2. The Labute approximate surface area is 167 Å². The van der Waals surface area contributed by atoms with Gasteiger partial charge in [-0.25, -0.2) is 4.79 Å². The summed E-state index contributed by atoms with van der Waals surface area (Å²) in [4.78, 5) is 36.2. The first kappa shape index (κ1) is 20.1. The molecule has 3 rings (SSSR count). The van der Waals surface area contributed by atoms with Gasteiger partial charge in [0.1, 0.15) is 5.75 Å². The number of carbonyl (C=O) groups excluding carboxylic acids is 2. The van der Waals surface area contributed by atoms with Crippen molar-refractivity contribution in [3.8, 4) is 5.75 Å². The summed E-state index contributed by atoms with van der Waals surface area (Å²) >= 11 is 0. The zero-order valence-corrected chi connectivity index (χ0v) is 16.3. The fourth-order valence-electron chi connectivity index (χ4n) is 2.98. The van der Waals surface area contributed by atoms with Crippen molar-refractivity contribution in [2.75, 3.05) is 19.0 Å². The lowest BCUT2D eigenvalue weighted by molar-refractivity contribution is -0.118. The number of hydrogen-bond donors (Lipinski definition) is 1. The molecule has 3 aromatic rings. The topological polar surface area (TPSA) is 86.6 Å². The minimum Gasteiger partial charge on any atom is -0.483 e. The lowest BCUT2D eigenvalue weighted by Crippen LogP contribution is -2.21. The van der Waals surface area contributed by atoms with Gasteiger partial charge in [0.05, 0.1) is 18.1 Å². The highest BCUT2D eigenvalue weighted by atomic mass is 16.5. The summed E-state index contributed by atoms with van der Waals surface area (Å²) in [5.74, 6) is -0.327. The predicted octanol–water partition coefficient (Wildman–Crippen LogP) is 3.22. The third kappa shape index (κ3) is 4.63. The molecule has 0 saturated heterocycles. The summed E-state index contributed by atoms with van der Waals surface area (Å²) in [5.41, 5.74) is 0.850. The molecule has 0 spiro atoms. The highest BCUT2D eigenvalue weighted by molar-refractivity contribution is 5.94. The van der Waals surface area contributed by atoms with Crippen LogP contribution in [0.1, 0.15) is 23.7 Å². The SMILES string of the molecule is CCCn1ccc2c(OCC(=O)Nc3ccc(C(=O)OC)cc3)cccc2c1=O. The summed E-state index contributed by atoms with van der Waals surface area (Å²) < 4.78 is 12.0. The van der Waals surface area contributed by atoms with Gasteiger partial charge in [-0.05, 0) is 48.9 Å². The van der Waals surface area contributed by atoms with E-state index < -0.39 is 5.97 Å². The van der Waals surface area contributed by atoms with Gasteiger partial charge >= 0.3 is 5.97 Å². The maximum atomic E-state index is 12.5. The summed E-state index contributed by atoms with van der Waals surface area (Å²) in [5, 5.41) is 3.92. The van der Waals surface area contributed by atoms with E-state index in [0.717, 1.165) is 6.42 Å². The average Bonchev–Trinajstić information content (AvgIpc) is 2.74. The zero-order valence-electron chi connectivity index (χ0n) is 16.3. The van der Waals surface area contributed by atoms with Crippen LogP contribution >= 0.6 is 0 Å². The number of esters is 1. The second kappa shape index (κ2) is 9.05. The van der Waals surface area contributed by atoms with Gasteiger partial charge in [0.15, 0.2) is 6.61 Å². The number of aryl methyl sites for hydroxylation is 1. The van der Waals surface area contributed by atoms with Crippen molar-refractivity contribution in [3.05, 3.63) is 70.6 Å². The van der Waals surface area contributed by atoms with Crippen molar-refractivity contribution in [3.63, 3.8) is 0 Å². The number of benzene rings is 2. The van der Waals surface area contributed by atoms with Crippen molar-refractivity contribution < 1.29 is 19.1 Å². The first-order valence-corrected chi connectivity index (χ1v) is 9.26. The van der Waals surface area contributed by atoms with E-state index in [2.05, 4.69) is 10.1 Å². The highest BCUT2D eigenvalue weighted by Crippen LogP contribution is 2.23. The first-order valence-electron chi connectivity index (χ1n) is 9.26.